The topological polar surface area (TPSA) is 135 Å². The van der Waals surface area contributed by atoms with Crippen LogP contribution in [0.25, 0.3) is 0 Å². The summed E-state index contributed by atoms with van der Waals surface area (Å²) < 4.78 is 13.0. The highest BCUT2D eigenvalue weighted by Gasteiger charge is 2.33. The third-order valence-corrected chi connectivity index (χ3v) is 6.75. The van der Waals surface area contributed by atoms with Crippen LogP contribution >= 0.6 is 0 Å². The lowest BCUT2D eigenvalue weighted by Crippen LogP contribution is -2.49. The van der Waals surface area contributed by atoms with Gasteiger partial charge in [0.05, 0.1) is 25.3 Å². The molecule has 1 aliphatic rings. The average Bonchev–Trinajstić information content (AvgIpc) is 3.43. The number of fused-ring (bicyclic) bond motifs is 1. The van der Waals surface area contributed by atoms with Crippen molar-refractivity contribution in [2.45, 2.75) is 39.1 Å². The fourth-order valence-corrected chi connectivity index (χ4v) is 4.53. The molecule has 4 rings (SSSR count). The molecule has 12 nitrogen and oxygen atoms in total. The minimum Gasteiger partial charge on any atom is -0.497 e. The molecule has 0 saturated heterocycles. The number of carbonyl (C=O) groups excluding carboxylic acids is 2. The minimum atomic E-state index is -0.387. The molecule has 1 aliphatic heterocycles. The zero-order valence-electron chi connectivity index (χ0n) is 22.6. The molecule has 0 fully saturated rings. The highest BCUT2D eigenvalue weighted by atomic mass is 16.5. The summed E-state index contributed by atoms with van der Waals surface area (Å²) in [5, 5.41) is 23.4. The maximum absolute atomic E-state index is 13.6. The Bertz CT molecular complexity index is 1250. The van der Waals surface area contributed by atoms with Crippen LogP contribution < -0.4 is 14.8 Å². The summed E-state index contributed by atoms with van der Waals surface area (Å²) in [4.78, 5) is 30.0. The Labute approximate surface area is 227 Å². The van der Waals surface area contributed by atoms with E-state index in [1.807, 2.05) is 38.2 Å². The summed E-state index contributed by atoms with van der Waals surface area (Å²) in [6.07, 6.45) is 1.12. The molecule has 3 atom stereocenters. The first-order chi connectivity index (χ1) is 18.8. The molecule has 39 heavy (non-hydrogen) atoms. The van der Waals surface area contributed by atoms with E-state index in [2.05, 4.69) is 32.7 Å². The Morgan fingerprint density at radius 2 is 2.05 bits per heavy atom. The maximum atomic E-state index is 13.6. The average molecular weight is 538 g/mol. The highest BCUT2D eigenvalue weighted by molar-refractivity contribution is 5.99. The van der Waals surface area contributed by atoms with Crippen LogP contribution in [0.4, 0.5) is 5.69 Å². The van der Waals surface area contributed by atoms with Crippen molar-refractivity contribution in [2.24, 2.45) is 5.92 Å². The Morgan fingerprint density at radius 1 is 1.28 bits per heavy atom. The molecule has 2 aromatic carbocycles. The summed E-state index contributed by atoms with van der Waals surface area (Å²) in [5.74, 6) is 0.630. The van der Waals surface area contributed by atoms with Crippen molar-refractivity contribution in [3.8, 4) is 11.5 Å². The number of tetrazole rings is 1. The van der Waals surface area contributed by atoms with Crippen LogP contribution in [0, 0.1) is 5.92 Å². The van der Waals surface area contributed by atoms with E-state index in [9.17, 15) is 14.7 Å². The number of aliphatic hydroxyl groups excluding tert-OH is 1. The molecule has 3 aromatic rings. The number of rotatable bonds is 10. The highest BCUT2D eigenvalue weighted by Crippen LogP contribution is 2.31. The zero-order valence-corrected chi connectivity index (χ0v) is 22.6. The van der Waals surface area contributed by atoms with Gasteiger partial charge < -0.3 is 24.8 Å². The number of amides is 2. The van der Waals surface area contributed by atoms with E-state index in [-0.39, 0.29) is 43.0 Å². The number of hydrogen-bond donors (Lipinski definition) is 2. The van der Waals surface area contributed by atoms with Crippen molar-refractivity contribution in [1.82, 2.24) is 30.0 Å². The number of ether oxygens (including phenoxy) is 2. The van der Waals surface area contributed by atoms with Crippen molar-refractivity contribution >= 4 is 17.5 Å². The second-order valence-electron chi connectivity index (χ2n) is 9.93. The molecule has 0 aliphatic carbocycles. The van der Waals surface area contributed by atoms with E-state index in [0.717, 1.165) is 11.3 Å². The monoisotopic (exact) mass is 537 g/mol. The van der Waals surface area contributed by atoms with E-state index < -0.39 is 0 Å². The fourth-order valence-electron chi connectivity index (χ4n) is 4.53. The van der Waals surface area contributed by atoms with E-state index in [1.54, 1.807) is 30.2 Å². The van der Waals surface area contributed by atoms with Gasteiger partial charge in [0.25, 0.3) is 5.91 Å². The number of nitrogens with zero attached hydrogens (tertiary/aromatic N) is 6. The lowest BCUT2D eigenvalue weighted by Gasteiger charge is -2.38. The smallest absolute Gasteiger partial charge is 0.258 e. The quantitative estimate of drug-likeness (QED) is 0.396. The SMILES string of the molecule is COc1ccc(CN(C)C[C@H]2Oc3ccc(NC(=O)Cn4cnnn4)cc3C(=O)N([C@@H](C)CO)C[C@H]2C)cc1. The minimum absolute atomic E-state index is 0.00918. The first-order valence-electron chi connectivity index (χ1n) is 12.8. The van der Waals surface area contributed by atoms with Gasteiger partial charge in [-0.2, -0.15) is 0 Å². The van der Waals surface area contributed by atoms with Gasteiger partial charge in [-0.3, -0.25) is 14.5 Å². The van der Waals surface area contributed by atoms with E-state index in [1.165, 1.54) is 11.0 Å². The number of hydrogen-bond acceptors (Lipinski definition) is 9. The lowest BCUT2D eigenvalue weighted by molar-refractivity contribution is -0.116. The van der Waals surface area contributed by atoms with E-state index in [4.69, 9.17) is 9.47 Å². The Hall–Kier alpha value is -4.03. The Balaban J connectivity index is 1.54. The molecule has 0 saturated carbocycles. The van der Waals surface area contributed by atoms with Crippen LogP contribution in [-0.4, -0.2) is 92.9 Å². The molecule has 208 valence electrons. The van der Waals surface area contributed by atoms with Gasteiger partial charge in [0.15, 0.2) is 0 Å². The first-order valence-corrected chi connectivity index (χ1v) is 12.8. The summed E-state index contributed by atoms with van der Waals surface area (Å²) in [6, 6.07) is 12.6. The Kier molecular flexibility index (Phi) is 9.10. The number of aliphatic hydroxyl groups is 1. The zero-order chi connectivity index (χ0) is 27.9. The number of carbonyl (C=O) groups is 2. The lowest BCUT2D eigenvalue weighted by atomic mass is 9.99. The van der Waals surface area contributed by atoms with Crippen molar-refractivity contribution in [2.75, 3.05) is 39.2 Å². The summed E-state index contributed by atoms with van der Waals surface area (Å²) >= 11 is 0. The van der Waals surface area contributed by atoms with Gasteiger partial charge in [-0.25, -0.2) is 4.68 Å². The van der Waals surface area contributed by atoms with Crippen LogP contribution in [0.1, 0.15) is 29.8 Å². The van der Waals surface area contributed by atoms with E-state index >= 15 is 0 Å². The predicted molar refractivity (Wildman–Crippen MR) is 143 cm³/mol. The first kappa shape index (κ1) is 28.0. The Morgan fingerprint density at radius 3 is 2.72 bits per heavy atom. The fraction of sp³-hybridized carbons (Fsp3) is 0.444. The molecule has 0 radical (unpaired) electrons. The van der Waals surface area contributed by atoms with Gasteiger partial charge in [0.2, 0.25) is 5.91 Å². The van der Waals surface area contributed by atoms with Crippen LogP contribution in [-0.2, 0) is 17.9 Å². The molecule has 1 aromatic heterocycles. The van der Waals surface area contributed by atoms with Crippen molar-refractivity contribution in [1.29, 1.82) is 0 Å². The standard InChI is InChI=1S/C27H35N7O5/c1-18-12-34(19(2)16-35)27(37)23-11-21(29-26(36)15-33-17-28-30-31-33)7-10-24(23)39-25(18)14-32(3)13-20-5-8-22(38-4)9-6-20/h5-11,17-19,25,35H,12-16H2,1-4H3,(H,29,36)/t18-,19+,25-/m1/s1. The molecule has 2 N–H and O–H groups in total. The number of likely N-dealkylation sites (N-methyl/N-ethyl adjacent to an activating group) is 1. The summed E-state index contributed by atoms with van der Waals surface area (Å²) in [7, 11) is 3.67. The number of nitrogens with one attached hydrogen (secondary N) is 1. The predicted octanol–water partition coefficient (Wildman–Crippen LogP) is 1.67. The van der Waals surface area contributed by atoms with Crippen molar-refractivity contribution in [3.05, 3.63) is 59.9 Å². The number of anilines is 1. The third-order valence-electron chi connectivity index (χ3n) is 6.75. The van der Waals surface area contributed by atoms with Crippen LogP contribution in [0.5, 0.6) is 11.5 Å². The maximum Gasteiger partial charge on any atom is 0.258 e. The van der Waals surface area contributed by atoms with Crippen LogP contribution in [0.3, 0.4) is 0 Å². The molecule has 12 heteroatoms. The van der Waals surface area contributed by atoms with Gasteiger partial charge >= 0.3 is 0 Å². The van der Waals surface area contributed by atoms with Gasteiger partial charge in [0.1, 0.15) is 30.5 Å². The molecule has 2 heterocycles. The van der Waals surface area contributed by atoms with Crippen LogP contribution in [0.15, 0.2) is 48.8 Å². The summed E-state index contributed by atoms with van der Waals surface area (Å²) in [5.41, 5.74) is 1.91. The van der Waals surface area contributed by atoms with Gasteiger partial charge in [-0.15, -0.1) is 5.10 Å². The normalized spacial score (nSPS) is 18.1. The number of methoxy groups -OCH3 is 1. The van der Waals surface area contributed by atoms with Gasteiger partial charge in [-0.1, -0.05) is 19.1 Å². The van der Waals surface area contributed by atoms with Gasteiger partial charge in [0, 0.05) is 31.2 Å². The molecule has 0 spiro atoms. The van der Waals surface area contributed by atoms with Gasteiger partial charge in [-0.05, 0) is 60.3 Å². The largest absolute Gasteiger partial charge is 0.497 e. The molecule has 0 bridgehead atoms. The second-order valence-corrected chi connectivity index (χ2v) is 9.93. The molecular formula is C27H35N7O5. The van der Waals surface area contributed by atoms with Crippen molar-refractivity contribution in [3.63, 3.8) is 0 Å². The molecule has 0 unspecified atom stereocenters. The summed E-state index contributed by atoms with van der Waals surface area (Å²) in [6.45, 7) is 5.38. The van der Waals surface area contributed by atoms with Crippen molar-refractivity contribution < 1.29 is 24.2 Å². The van der Waals surface area contributed by atoms with Crippen LogP contribution in [0.2, 0.25) is 0 Å². The third kappa shape index (κ3) is 7.09. The number of aromatic nitrogens is 4. The number of benzene rings is 2. The van der Waals surface area contributed by atoms with E-state index in [0.29, 0.717) is 36.6 Å². The molecular weight excluding hydrogens is 502 g/mol. The second kappa shape index (κ2) is 12.7. The molecule has 2 amide bonds.